The maximum absolute atomic E-state index is 12.1. The highest BCUT2D eigenvalue weighted by molar-refractivity contribution is 7.18. The summed E-state index contributed by atoms with van der Waals surface area (Å²) in [6, 6.07) is 14.1. The highest BCUT2D eigenvalue weighted by atomic mass is 32.1. The average Bonchev–Trinajstić information content (AvgIpc) is 3.03. The number of carbonyl (C=O) groups is 1. The summed E-state index contributed by atoms with van der Waals surface area (Å²) >= 11 is 1.68. The molecule has 0 spiro atoms. The molecular weight excluding hydrogens is 358 g/mol. The van der Waals surface area contributed by atoms with Crippen molar-refractivity contribution in [2.45, 2.75) is 25.9 Å². The lowest BCUT2D eigenvalue weighted by atomic mass is 10.1. The predicted molar refractivity (Wildman–Crippen MR) is 97.7 cm³/mol. The van der Waals surface area contributed by atoms with E-state index in [0.29, 0.717) is 6.54 Å². The van der Waals surface area contributed by atoms with E-state index in [4.69, 9.17) is 0 Å². The third kappa shape index (κ3) is 5.23. The number of aromatic nitrogens is 1. The summed E-state index contributed by atoms with van der Waals surface area (Å²) in [5, 5.41) is 3.93. The van der Waals surface area contributed by atoms with Gasteiger partial charge in [0, 0.05) is 13.0 Å². The Morgan fingerprint density at radius 3 is 2.65 bits per heavy atom. The molecule has 0 saturated carbocycles. The van der Waals surface area contributed by atoms with Crippen molar-refractivity contribution in [3.63, 3.8) is 0 Å². The summed E-state index contributed by atoms with van der Waals surface area (Å²) in [5.41, 5.74) is 1.76. The molecule has 3 rings (SSSR count). The van der Waals surface area contributed by atoms with Gasteiger partial charge in [0.05, 0.1) is 21.6 Å². The highest BCUT2D eigenvalue weighted by Crippen LogP contribution is 2.22. The Labute approximate surface area is 153 Å². The largest absolute Gasteiger partial charge is 0.435 e. The molecule has 0 radical (unpaired) electrons. The van der Waals surface area contributed by atoms with Gasteiger partial charge in [-0.05, 0) is 36.2 Å². The molecule has 3 aromatic rings. The van der Waals surface area contributed by atoms with Gasteiger partial charge in [0.2, 0.25) is 5.91 Å². The van der Waals surface area contributed by atoms with E-state index in [9.17, 15) is 13.6 Å². The number of nitrogens with one attached hydrogen (secondary N) is 1. The van der Waals surface area contributed by atoms with Crippen molar-refractivity contribution in [1.29, 1.82) is 0 Å². The number of ether oxygens (including phenoxy) is 1. The van der Waals surface area contributed by atoms with Crippen LogP contribution < -0.4 is 10.1 Å². The van der Waals surface area contributed by atoms with E-state index in [1.807, 2.05) is 18.2 Å². The number of rotatable bonds is 8. The van der Waals surface area contributed by atoms with Gasteiger partial charge in [-0.3, -0.25) is 4.79 Å². The van der Waals surface area contributed by atoms with Crippen molar-refractivity contribution in [2.24, 2.45) is 0 Å². The number of aryl methyl sites for hydroxylation is 1. The van der Waals surface area contributed by atoms with Crippen LogP contribution in [0, 0.1) is 0 Å². The zero-order chi connectivity index (χ0) is 18.4. The second-order valence-corrected chi connectivity index (χ2v) is 6.84. The van der Waals surface area contributed by atoms with Crippen molar-refractivity contribution in [1.82, 2.24) is 10.3 Å². The lowest BCUT2D eigenvalue weighted by Gasteiger charge is -2.07. The van der Waals surface area contributed by atoms with Gasteiger partial charge in [-0.15, -0.1) is 11.3 Å². The van der Waals surface area contributed by atoms with E-state index in [-0.39, 0.29) is 18.1 Å². The number of halogens is 2. The lowest BCUT2D eigenvalue weighted by molar-refractivity contribution is -0.120. The molecule has 2 aromatic carbocycles. The van der Waals surface area contributed by atoms with Crippen LogP contribution in [0.25, 0.3) is 10.2 Å². The summed E-state index contributed by atoms with van der Waals surface area (Å²) in [6.45, 7) is -2.28. The number of benzene rings is 2. The van der Waals surface area contributed by atoms with Gasteiger partial charge in [-0.1, -0.05) is 24.3 Å². The summed E-state index contributed by atoms with van der Waals surface area (Å²) in [7, 11) is 0. The van der Waals surface area contributed by atoms with Gasteiger partial charge in [0.15, 0.2) is 0 Å². The molecule has 1 N–H and O–H groups in total. The maximum atomic E-state index is 12.1. The molecule has 0 aliphatic rings. The predicted octanol–water partition coefficient (Wildman–Crippen LogP) is 4.19. The van der Waals surface area contributed by atoms with Crippen LogP contribution in [0.1, 0.15) is 17.0 Å². The number of para-hydroxylation sites is 1. The topological polar surface area (TPSA) is 51.2 Å². The molecule has 0 bridgehead atoms. The molecule has 0 fully saturated rings. The molecule has 4 nitrogen and oxygen atoms in total. The van der Waals surface area contributed by atoms with Crippen LogP contribution in [0.3, 0.4) is 0 Å². The fraction of sp³-hybridized carbons (Fsp3) is 0.263. The summed E-state index contributed by atoms with van der Waals surface area (Å²) < 4.78 is 29.6. The number of carbonyl (C=O) groups excluding carboxylic acids is 1. The van der Waals surface area contributed by atoms with Crippen molar-refractivity contribution >= 4 is 27.5 Å². The third-order valence-corrected chi connectivity index (χ3v) is 4.84. The minimum atomic E-state index is -2.85. The van der Waals surface area contributed by atoms with Gasteiger partial charge in [0.1, 0.15) is 5.75 Å². The number of amides is 1. The molecule has 26 heavy (non-hydrogen) atoms. The first kappa shape index (κ1) is 18.3. The van der Waals surface area contributed by atoms with Gasteiger partial charge < -0.3 is 10.1 Å². The van der Waals surface area contributed by atoms with E-state index < -0.39 is 6.61 Å². The van der Waals surface area contributed by atoms with Gasteiger partial charge in [-0.2, -0.15) is 8.78 Å². The number of fused-ring (bicyclic) bond motifs is 1. The maximum Gasteiger partial charge on any atom is 0.387 e. The SMILES string of the molecule is O=C(Cc1ccc(OC(F)F)cc1)NCCCc1nc2ccccc2s1. The minimum absolute atomic E-state index is 0.0833. The second-order valence-electron chi connectivity index (χ2n) is 5.73. The molecule has 1 aromatic heterocycles. The smallest absolute Gasteiger partial charge is 0.387 e. The number of hydrogen-bond acceptors (Lipinski definition) is 4. The summed E-state index contributed by atoms with van der Waals surface area (Å²) in [6.07, 6.45) is 1.84. The van der Waals surface area contributed by atoms with Crippen LogP contribution >= 0.6 is 11.3 Å². The monoisotopic (exact) mass is 376 g/mol. The highest BCUT2D eigenvalue weighted by Gasteiger charge is 2.07. The fourth-order valence-electron chi connectivity index (χ4n) is 2.53. The third-order valence-electron chi connectivity index (χ3n) is 3.74. The molecule has 0 atom stereocenters. The zero-order valence-electron chi connectivity index (χ0n) is 14.0. The van der Waals surface area contributed by atoms with Crippen molar-refractivity contribution < 1.29 is 18.3 Å². The van der Waals surface area contributed by atoms with Crippen LogP contribution in [-0.4, -0.2) is 24.0 Å². The van der Waals surface area contributed by atoms with Crippen LogP contribution in [0.4, 0.5) is 8.78 Å². The quantitative estimate of drug-likeness (QED) is 0.600. The van der Waals surface area contributed by atoms with Gasteiger partial charge >= 0.3 is 6.61 Å². The number of thiazole rings is 1. The standard InChI is InChI=1S/C19H18F2N2O2S/c20-19(21)25-14-9-7-13(8-10-14)12-17(24)22-11-3-6-18-23-15-4-1-2-5-16(15)26-18/h1-2,4-5,7-10,19H,3,6,11-12H2,(H,22,24). The molecule has 0 aliphatic carbocycles. The molecular formula is C19H18F2N2O2S. The molecule has 0 aliphatic heterocycles. The van der Waals surface area contributed by atoms with E-state index in [2.05, 4.69) is 21.1 Å². The first-order chi connectivity index (χ1) is 12.6. The molecule has 7 heteroatoms. The Balaban J connectivity index is 1.39. The van der Waals surface area contributed by atoms with Gasteiger partial charge in [-0.25, -0.2) is 4.98 Å². The van der Waals surface area contributed by atoms with E-state index in [1.54, 1.807) is 23.5 Å². The first-order valence-electron chi connectivity index (χ1n) is 8.25. The average molecular weight is 376 g/mol. The van der Waals surface area contributed by atoms with Crippen LogP contribution in [0.15, 0.2) is 48.5 Å². The number of hydrogen-bond donors (Lipinski definition) is 1. The Hall–Kier alpha value is -2.54. The van der Waals surface area contributed by atoms with Crippen molar-refractivity contribution in [2.75, 3.05) is 6.54 Å². The number of alkyl halides is 2. The zero-order valence-corrected chi connectivity index (χ0v) is 14.8. The van der Waals surface area contributed by atoms with Crippen LogP contribution in [-0.2, 0) is 17.6 Å². The van der Waals surface area contributed by atoms with Crippen LogP contribution in [0.2, 0.25) is 0 Å². The normalized spacial score (nSPS) is 11.0. The Morgan fingerprint density at radius 2 is 1.92 bits per heavy atom. The van der Waals surface area contributed by atoms with Gasteiger partial charge in [0.25, 0.3) is 0 Å². The first-order valence-corrected chi connectivity index (χ1v) is 9.07. The van der Waals surface area contributed by atoms with E-state index >= 15 is 0 Å². The Bertz CT molecular complexity index is 832. The van der Waals surface area contributed by atoms with Crippen molar-refractivity contribution in [3.8, 4) is 5.75 Å². The second kappa shape index (κ2) is 8.71. The Kier molecular flexibility index (Phi) is 6.12. The Morgan fingerprint density at radius 1 is 1.15 bits per heavy atom. The molecule has 0 saturated heterocycles. The molecule has 136 valence electrons. The summed E-state index contributed by atoms with van der Waals surface area (Å²) in [5.74, 6) is -0.0168. The number of nitrogens with zero attached hydrogens (tertiary/aromatic N) is 1. The minimum Gasteiger partial charge on any atom is -0.435 e. The fourth-order valence-corrected chi connectivity index (χ4v) is 3.54. The van der Waals surface area contributed by atoms with Crippen LogP contribution in [0.5, 0.6) is 5.75 Å². The lowest BCUT2D eigenvalue weighted by Crippen LogP contribution is -2.26. The van der Waals surface area contributed by atoms with E-state index in [0.717, 1.165) is 28.9 Å². The molecule has 1 amide bonds. The molecule has 0 unspecified atom stereocenters. The van der Waals surface area contributed by atoms with Crippen molar-refractivity contribution in [3.05, 3.63) is 59.1 Å². The summed E-state index contributed by atoms with van der Waals surface area (Å²) in [4.78, 5) is 16.5. The molecule has 1 heterocycles. The van der Waals surface area contributed by atoms with E-state index in [1.165, 1.54) is 16.8 Å².